The van der Waals surface area contributed by atoms with Gasteiger partial charge in [-0.05, 0) is 29.8 Å². The Bertz CT molecular complexity index is 659. The molecule has 2 amide bonds. The first kappa shape index (κ1) is 15.7. The number of carbonyl (C=O) groups excluding carboxylic acids is 1. The van der Waals surface area contributed by atoms with Gasteiger partial charge in [0.15, 0.2) is 0 Å². The molecule has 0 heterocycles. The van der Waals surface area contributed by atoms with E-state index in [2.05, 4.69) is 10.6 Å². The minimum Gasteiger partial charge on any atom is -0.497 e. The minimum atomic E-state index is -0.374. The number of ether oxygens (including phenoxy) is 2. The fraction of sp³-hybridized carbons (Fsp3) is 0.188. The van der Waals surface area contributed by atoms with Gasteiger partial charge in [-0.25, -0.2) is 4.79 Å². The van der Waals surface area contributed by atoms with Crippen molar-refractivity contribution >= 4 is 17.4 Å². The second kappa shape index (κ2) is 7.33. The van der Waals surface area contributed by atoms with Crippen molar-refractivity contribution in [3.05, 3.63) is 48.0 Å². The average molecular weight is 301 g/mol. The van der Waals surface area contributed by atoms with Crippen LogP contribution in [0.25, 0.3) is 0 Å². The van der Waals surface area contributed by atoms with Crippen molar-refractivity contribution in [1.82, 2.24) is 0 Å². The maximum absolute atomic E-state index is 12.1. The molecule has 6 heteroatoms. The van der Waals surface area contributed by atoms with Crippen LogP contribution in [-0.2, 0) is 6.54 Å². The van der Waals surface area contributed by atoms with Crippen molar-refractivity contribution in [2.24, 2.45) is 5.73 Å². The van der Waals surface area contributed by atoms with Crippen LogP contribution < -0.4 is 25.8 Å². The van der Waals surface area contributed by atoms with Crippen LogP contribution in [0.15, 0.2) is 42.5 Å². The number of methoxy groups -OCH3 is 2. The Hall–Kier alpha value is -2.73. The Morgan fingerprint density at radius 3 is 2.59 bits per heavy atom. The lowest BCUT2D eigenvalue weighted by Gasteiger charge is -2.13. The van der Waals surface area contributed by atoms with Gasteiger partial charge >= 0.3 is 6.03 Å². The lowest BCUT2D eigenvalue weighted by Crippen LogP contribution is -2.20. The largest absolute Gasteiger partial charge is 0.497 e. The summed E-state index contributed by atoms with van der Waals surface area (Å²) in [6, 6.07) is 12.1. The lowest BCUT2D eigenvalue weighted by atomic mass is 10.2. The smallest absolute Gasteiger partial charge is 0.323 e. The van der Waals surface area contributed by atoms with Crippen molar-refractivity contribution in [2.45, 2.75) is 6.54 Å². The molecular weight excluding hydrogens is 282 g/mol. The van der Waals surface area contributed by atoms with Crippen molar-refractivity contribution in [3.63, 3.8) is 0 Å². The summed E-state index contributed by atoms with van der Waals surface area (Å²) in [7, 11) is 3.10. The Labute approximate surface area is 129 Å². The zero-order valence-electron chi connectivity index (χ0n) is 12.6. The predicted molar refractivity (Wildman–Crippen MR) is 86.5 cm³/mol. The molecule has 116 valence electrons. The number of carbonyl (C=O) groups is 1. The number of hydrogen-bond donors (Lipinski definition) is 3. The normalized spacial score (nSPS) is 9.95. The van der Waals surface area contributed by atoms with Crippen LogP contribution in [0, 0.1) is 0 Å². The molecule has 0 saturated carbocycles. The van der Waals surface area contributed by atoms with Gasteiger partial charge in [-0.15, -0.1) is 0 Å². The van der Waals surface area contributed by atoms with E-state index < -0.39 is 0 Å². The molecule has 0 unspecified atom stereocenters. The van der Waals surface area contributed by atoms with Crippen LogP contribution >= 0.6 is 0 Å². The van der Waals surface area contributed by atoms with Crippen LogP contribution in [0.3, 0.4) is 0 Å². The van der Waals surface area contributed by atoms with Crippen molar-refractivity contribution in [2.75, 3.05) is 24.9 Å². The second-order valence-corrected chi connectivity index (χ2v) is 4.55. The zero-order valence-corrected chi connectivity index (χ0v) is 12.6. The maximum Gasteiger partial charge on any atom is 0.323 e. The molecule has 0 aliphatic rings. The molecule has 22 heavy (non-hydrogen) atoms. The SMILES string of the molecule is COc1ccc(OC)c(NC(=O)Nc2cccc(CN)c2)c1. The molecule has 0 atom stereocenters. The number of benzene rings is 2. The molecule has 0 aromatic heterocycles. The van der Waals surface area contributed by atoms with Gasteiger partial charge in [-0.2, -0.15) is 0 Å². The van der Waals surface area contributed by atoms with E-state index in [0.717, 1.165) is 5.56 Å². The quantitative estimate of drug-likeness (QED) is 0.792. The summed E-state index contributed by atoms with van der Waals surface area (Å²) in [4.78, 5) is 12.1. The van der Waals surface area contributed by atoms with Crippen LogP contribution in [0.5, 0.6) is 11.5 Å². The van der Waals surface area contributed by atoms with Gasteiger partial charge < -0.3 is 25.8 Å². The summed E-state index contributed by atoms with van der Waals surface area (Å²) in [6.07, 6.45) is 0. The first-order chi connectivity index (χ1) is 10.7. The van der Waals surface area contributed by atoms with Gasteiger partial charge in [0.1, 0.15) is 11.5 Å². The molecule has 0 aliphatic carbocycles. The van der Waals surface area contributed by atoms with Crippen LogP contribution in [0.4, 0.5) is 16.2 Å². The molecule has 0 bridgehead atoms. The standard InChI is InChI=1S/C16H19N3O3/c1-21-13-6-7-15(22-2)14(9-13)19-16(20)18-12-5-3-4-11(8-12)10-17/h3-9H,10,17H2,1-2H3,(H2,18,19,20). The van der Waals surface area contributed by atoms with E-state index in [4.69, 9.17) is 15.2 Å². The highest BCUT2D eigenvalue weighted by Crippen LogP contribution is 2.29. The van der Waals surface area contributed by atoms with Gasteiger partial charge in [0.2, 0.25) is 0 Å². The third-order valence-electron chi connectivity index (χ3n) is 3.08. The fourth-order valence-corrected chi connectivity index (χ4v) is 1.97. The molecular formula is C16H19N3O3. The Morgan fingerprint density at radius 1 is 1.09 bits per heavy atom. The molecule has 2 aromatic rings. The summed E-state index contributed by atoms with van der Waals surface area (Å²) in [5, 5.41) is 5.49. The maximum atomic E-state index is 12.1. The highest BCUT2D eigenvalue weighted by Gasteiger charge is 2.09. The number of rotatable bonds is 5. The predicted octanol–water partition coefficient (Wildman–Crippen LogP) is 2.81. The monoisotopic (exact) mass is 301 g/mol. The summed E-state index contributed by atoms with van der Waals surface area (Å²) in [5.41, 5.74) is 7.72. The van der Waals surface area contributed by atoms with E-state index >= 15 is 0 Å². The van der Waals surface area contributed by atoms with Gasteiger partial charge in [-0.3, -0.25) is 0 Å². The van der Waals surface area contributed by atoms with Crippen LogP contribution in [0.2, 0.25) is 0 Å². The molecule has 4 N–H and O–H groups in total. The van der Waals surface area contributed by atoms with Gasteiger partial charge in [0.25, 0.3) is 0 Å². The lowest BCUT2D eigenvalue weighted by molar-refractivity contribution is 0.262. The van der Waals surface area contributed by atoms with Gasteiger partial charge in [0, 0.05) is 18.3 Å². The number of urea groups is 1. The van der Waals surface area contributed by atoms with Crippen LogP contribution in [0.1, 0.15) is 5.56 Å². The van der Waals surface area contributed by atoms with Crippen LogP contribution in [-0.4, -0.2) is 20.3 Å². The van der Waals surface area contributed by atoms with Crippen molar-refractivity contribution in [3.8, 4) is 11.5 Å². The number of hydrogen-bond acceptors (Lipinski definition) is 4. The summed E-state index contributed by atoms with van der Waals surface area (Å²) in [5.74, 6) is 1.17. The molecule has 0 saturated heterocycles. The van der Waals surface area contributed by atoms with Crippen molar-refractivity contribution < 1.29 is 14.3 Å². The molecule has 0 spiro atoms. The first-order valence-corrected chi connectivity index (χ1v) is 6.75. The highest BCUT2D eigenvalue weighted by molar-refractivity contribution is 6.00. The minimum absolute atomic E-state index is 0.374. The third-order valence-corrected chi connectivity index (χ3v) is 3.08. The number of nitrogens with one attached hydrogen (secondary N) is 2. The third kappa shape index (κ3) is 3.89. The summed E-state index contributed by atoms with van der Waals surface area (Å²) >= 11 is 0. The number of anilines is 2. The average Bonchev–Trinajstić information content (AvgIpc) is 2.54. The topological polar surface area (TPSA) is 85.6 Å². The van der Waals surface area contributed by atoms with Crippen molar-refractivity contribution in [1.29, 1.82) is 0 Å². The summed E-state index contributed by atoms with van der Waals surface area (Å²) in [6.45, 7) is 0.418. The van der Waals surface area contributed by atoms with E-state index in [1.165, 1.54) is 7.11 Å². The second-order valence-electron chi connectivity index (χ2n) is 4.55. The van der Waals surface area contributed by atoms with E-state index in [0.29, 0.717) is 29.4 Å². The van der Waals surface area contributed by atoms with E-state index in [-0.39, 0.29) is 6.03 Å². The Morgan fingerprint density at radius 2 is 1.91 bits per heavy atom. The molecule has 0 radical (unpaired) electrons. The van der Waals surface area contributed by atoms with E-state index in [9.17, 15) is 4.79 Å². The molecule has 2 aromatic carbocycles. The van der Waals surface area contributed by atoms with Gasteiger partial charge in [0.05, 0.1) is 19.9 Å². The Balaban J connectivity index is 2.11. The molecule has 6 nitrogen and oxygen atoms in total. The number of nitrogens with two attached hydrogens (primary N) is 1. The fourth-order valence-electron chi connectivity index (χ4n) is 1.97. The zero-order chi connectivity index (χ0) is 15.9. The van der Waals surface area contributed by atoms with E-state index in [1.54, 1.807) is 31.4 Å². The van der Waals surface area contributed by atoms with E-state index in [1.807, 2.05) is 18.2 Å². The molecule has 2 rings (SSSR count). The number of amides is 2. The molecule has 0 aliphatic heterocycles. The molecule has 0 fully saturated rings. The Kier molecular flexibility index (Phi) is 5.21. The van der Waals surface area contributed by atoms with Gasteiger partial charge in [-0.1, -0.05) is 12.1 Å². The first-order valence-electron chi connectivity index (χ1n) is 6.75. The highest BCUT2D eigenvalue weighted by atomic mass is 16.5. The summed E-state index contributed by atoms with van der Waals surface area (Å²) < 4.78 is 10.4.